The summed E-state index contributed by atoms with van der Waals surface area (Å²) in [6.45, 7) is 1.81. The molecule has 0 radical (unpaired) electrons. The lowest BCUT2D eigenvalue weighted by Gasteiger charge is -2.29. The van der Waals surface area contributed by atoms with Gasteiger partial charge in [0, 0.05) is 0 Å². The zero-order valence-electron chi connectivity index (χ0n) is 12.0. The lowest BCUT2D eigenvalue weighted by molar-refractivity contribution is -0.193. The van der Waals surface area contributed by atoms with Crippen molar-refractivity contribution in [3.63, 3.8) is 0 Å². The number of benzene rings is 2. The third kappa shape index (κ3) is 1.58. The molecule has 1 spiro atoms. The van der Waals surface area contributed by atoms with Gasteiger partial charge < -0.3 is 9.47 Å². The maximum absolute atomic E-state index is 12.2. The van der Waals surface area contributed by atoms with Crippen LogP contribution in [0.15, 0.2) is 54.6 Å². The highest BCUT2D eigenvalue weighted by molar-refractivity contribution is 5.95. The first-order valence-electron chi connectivity index (χ1n) is 7.24. The van der Waals surface area contributed by atoms with Gasteiger partial charge in [-0.2, -0.15) is 0 Å². The summed E-state index contributed by atoms with van der Waals surface area (Å²) in [5, 5.41) is 0. The third-order valence-corrected chi connectivity index (χ3v) is 4.46. The topological polar surface area (TPSA) is 52.6 Å². The van der Waals surface area contributed by atoms with Gasteiger partial charge in [-0.05, 0) is 11.6 Å². The van der Waals surface area contributed by atoms with Crippen LogP contribution in [0.25, 0.3) is 0 Å². The molecule has 0 saturated carbocycles. The van der Waals surface area contributed by atoms with Gasteiger partial charge >= 0.3 is 11.9 Å². The summed E-state index contributed by atoms with van der Waals surface area (Å²) in [6, 6.07) is 16.7. The van der Waals surface area contributed by atoms with Gasteiger partial charge in [-0.25, -0.2) is 4.79 Å². The molecule has 2 heterocycles. The van der Waals surface area contributed by atoms with E-state index in [1.54, 1.807) is 18.2 Å². The highest BCUT2D eigenvalue weighted by Gasteiger charge is 2.62. The van der Waals surface area contributed by atoms with Crippen LogP contribution in [0.5, 0.6) is 0 Å². The average molecular weight is 294 g/mol. The van der Waals surface area contributed by atoms with Crippen LogP contribution in [0.2, 0.25) is 0 Å². The highest BCUT2D eigenvalue weighted by atomic mass is 16.7. The van der Waals surface area contributed by atoms with Crippen LogP contribution in [0.1, 0.15) is 34.3 Å². The largest absolute Gasteiger partial charge is 0.417 e. The van der Waals surface area contributed by atoms with E-state index in [0.29, 0.717) is 11.1 Å². The SMILES string of the molecule is C[C@H]1C(=O)O[C@@]2(OC(=O)c3ccccc32)[C@@H]1c1ccccc1. The molecule has 0 unspecified atom stereocenters. The molecular formula is C18H14O4. The van der Waals surface area contributed by atoms with Crippen molar-refractivity contribution in [1.82, 2.24) is 0 Å². The van der Waals surface area contributed by atoms with Gasteiger partial charge in [0.05, 0.1) is 23.0 Å². The summed E-state index contributed by atoms with van der Waals surface area (Å²) >= 11 is 0. The molecule has 0 aromatic heterocycles. The van der Waals surface area contributed by atoms with Crippen molar-refractivity contribution in [2.75, 3.05) is 0 Å². The van der Waals surface area contributed by atoms with Gasteiger partial charge in [0.1, 0.15) is 0 Å². The monoisotopic (exact) mass is 294 g/mol. The Morgan fingerprint density at radius 1 is 0.909 bits per heavy atom. The summed E-state index contributed by atoms with van der Waals surface area (Å²) in [4.78, 5) is 24.4. The Kier molecular flexibility index (Phi) is 2.64. The van der Waals surface area contributed by atoms with Gasteiger partial charge in [0.15, 0.2) is 0 Å². The van der Waals surface area contributed by atoms with Gasteiger partial charge in [0.25, 0.3) is 5.79 Å². The molecule has 4 heteroatoms. The van der Waals surface area contributed by atoms with E-state index < -0.39 is 11.8 Å². The summed E-state index contributed by atoms with van der Waals surface area (Å²) in [5.74, 6) is -2.88. The van der Waals surface area contributed by atoms with E-state index in [-0.39, 0.29) is 17.8 Å². The first kappa shape index (κ1) is 13.1. The van der Waals surface area contributed by atoms with Crippen molar-refractivity contribution in [3.8, 4) is 0 Å². The maximum atomic E-state index is 12.2. The number of hydrogen-bond acceptors (Lipinski definition) is 4. The van der Waals surface area contributed by atoms with Crippen molar-refractivity contribution in [2.24, 2.45) is 5.92 Å². The zero-order chi connectivity index (χ0) is 15.3. The van der Waals surface area contributed by atoms with Crippen molar-refractivity contribution in [3.05, 3.63) is 71.3 Å². The van der Waals surface area contributed by atoms with Crippen molar-refractivity contribution in [2.45, 2.75) is 18.6 Å². The van der Waals surface area contributed by atoms with E-state index in [1.807, 2.05) is 43.3 Å². The van der Waals surface area contributed by atoms with Gasteiger partial charge in [-0.1, -0.05) is 55.5 Å². The lowest BCUT2D eigenvalue weighted by Crippen LogP contribution is -2.32. The van der Waals surface area contributed by atoms with Crippen LogP contribution >= 0.6 is 0 Å². The number of esters is 2. The summed E-state index contributed by atoms with van der Waals surface area (Å²) in [5.41, 5.74) is 2.02. The number of rotatable bonds is 1. The molecule has 1 fully saturated rings. The minimum Gasteiger partial charge on any atom is -0.417 e. The van der Waals surface area contributed by atoms with Gasteiger partial charge in [0.2, 0.25) is 0 Å². The van der Waals surface area contributed by atoms with E-state index in [4.69, 9.17) is 9.47 Å². The fourth-order valence-corrected chi connectivity index (χ4v) is 3.46. The molecule has 0 bridgehead atoms. The molecule has 2 aromatic carbocycles. The average Bonchev–Trinajstić information content (AvgIpc) is 2.95. The Bertz CT molecular complexity index is 764. The standard InChI is InChI=1S/C18H14O4/c1-11-15(12-7-3-2-4-8-12)18(21-16(11)19)14-10-6-5-9-13(14)17(20)22-18/h2-11,15H,1H3/t11-,15+,18+/m1/s1. The molecule has 0 N–H and O–H groups in total. The van der Waals surface area contributed by atoms with Crippen LogP contribution < -0.4 is 0 Å². The molecule has 2 aliphatic heterocycles. The van der Waals surface area contributed by atoms with E-state index in [0.717, 1.165) is 5.56 Å². The van der Waals surface area contributed by atoms with Crippen LogP contribution in [0.4, 0.5) is 0 Å². The first-order chi connectivity index (χ1) is 10.6. The number of carbonyl (C=O) groups is 2. The van der Waals surface area contributed by atoms with Crippen LogP contribution in [-0.4, -0.2) is 11.9 Å². The Labute approximate surface area is 127 Å². The Morgan fingerprint density at radius 2 is 1.59 bits per heavy atom. The Hall–Kier alpha value is -2.62. The fraction of sp³-hybridized carbons (Fsp3) is 0.222. The number of carbonyl (C=O) groups excluding carboxylic acids is 2. The summed E-state index contributed by atoms with van der Waals surface area (Å²) in [7, 11) is 0. The molecule has 3 atom stereocenters. The molecule has 4 rings (SSSR count). The minimum atomic E-state index is -1.34. The van der Waals surface area contributed by atoms with Crippen molar-refractivity contribution < 1.29 is 19.1 Å². The highest BCUT2D eigenvalue weighted by Crippen LogP contribution is 2.55. The van der Waals surface area contributed by atoms with Crippen LogP contribution in [-0.2, 0) is 20.1 Å². The van der Waals surface area contributed by atoms with Crippen molar-refractivity contribution >= 4 is 11.9 Å². The second kappa shape index (κ2) is 4.44. The predicted molar refractivity (Wildman–Crippen MR) is 78.0 cm³/mol. The van der Waals surface area contributed by atoms with E-state index in [1.165, 1.54) is 0 Å². The first-order valence-corrected chi connectivity index (χ1v) is 7.24. The summed E-state index contributed by atoms with van der Waals surface area (Å²) in [6.07, 6.45) is 0. The molecule has 22 heavy (non-hydrogen) atoms. The molecular weight excluding hydrogens is 280 g/mol. The van der Waals surface area contributed by atoms with E-state index in [2.05, 4.69) is 0 Å². The predicted octanol–water partition coefficient (Wildman–Crippen LogP) is 2.99. The molecule has 2 aliphatic rings. The maximum Gasteiger partial charge on any atom is 0.342 e. The zero-order valence-corrected chi connectivity index (χ0v) is 12.0. The molecule has 2 aromatic rings. The molecule has 1 saturated heterocycles. The van der Waals surface area contributed by atoms with Crippen LogP contribution in [0, 0.1) is 5.92 Å². The number of fused-ring (bicyclic) bond motifs is 2. The molecule has 4 nitrogen and oxygen atoms in total. The second-order valence-corrected chi connectivity index (χ2v) is 5.70. The van der Waals surface area contributed by atoms with Crippen LogP contribution in [0.3, 0.4) is 0 Å². The smallest absolute Gasteiger partial charge is 0.342 e. The van der Waals surface area contributed by atoms with E-state index >= 15 is 0 Å². The third-order valence-electron chi connectivity index (χ3n) is 4.46. The fourth-order valence-electron chi connectivity index (χ4n) is 3.46. The van der Waals surface area contributed by atoms with E-state index in [9.17, 15) is 9.59 Å². The Balaban J connectivity index is 1.94. The quantitative estimate of drug-likeness (QED) is 0.759. The van der Waals surface area contributed by atoms with Crippen molar-refractivity contribution in [1.29, 1.82) is 0 Å². The lowest BCUT2D eigenvalue weighted by atomic mass is 9.80. The Morgan fingerprint density at radius 3 is 2.36 bits per heavy atom. The normalized spacial score (nSPS) is 29.3. The van der Waals surface area contributed by atoms with Gasteiger partial charge in [-0.15, -0.1) is 0 Å². The number of hydrogen-bond donors (Lipinski definition) is 0. The molecule has 110 valence electrons. The molecule has 0 aliphatic carbocycles. The second-order valence-electron chi connectivity index (χ2n) is 5.70. The summed E-state index contributed by atoms with van der Waals surface area (Å²) < 4.78 is 11.2. The van der Waals surface area contributed by atoms with Gasteiger partial charge in [-0.3, -0.25) is 4.79 Å². The minimum absolute atomic E-state index is 0.349. The number of ether oxygens (including phenoxy) is 2. The molecule has 0 amide bonds.